The number of nitrogens with zero attached hydrogens (tertiary/aromatic N) is 4. The van der Waals surface area contributed by atoms with Crippen molar-refractivity contribution < 1.29 is 22.4 Å². The lowest BCUT2D eigenvalue weighted by Gasteiger charge is -2.41. The van der Waals surface area contributed by atoms with Crippen LogP contribution in [0.1, 0.15) is 84.7 Å². The molecular weight excluding hydrogens is 605 g/mol. The van der Waals surface area contributed by atoms with Gasteiger partial charge in [-0.05, 0) is 86.5 Å². The minimum absolute atomic E-state index is 0.0874. The van der Waals surface area contributed by atoms with E-state index in [-0.39, 0.29) is 35.3 Å². The van der Waals surface area contributed by atoms with Gasteiger partial charge in [-0.25, -0.2) is 9.11 Å². The van der Waals surface area contributed by atoms with Gasteiger partial charge in [-0.1, -0.05) is 25.3 Å². The van der Waals surface area contributed by atoms with Crippen LogP contribution in [0.15, 0.2) is 36.4 Å². The van der Waals surface area contributed by atoms with Crippen LogP contribution < -0.4 is 4.72 Å². The van der Waals surface area contributed by atoms with Gasteiger partial charge in [0.2, 0.25) is 5.91 Å². The fourth-order valence-electron chi connectivity index (χ4n) is 9.26. The van der Waals surface area contributed by atoms with E-state index in [1.807, 2.05) is 12.1 Å². The molecule has 2 aliphatic carbocycles. The first-order valence-electron chi connectivity index (χ1n) is 16.7. The molecule has 0 spiro atoms. The Morgan fingerprint density at radius 2 is 1.70 bits per heavy atom. The van der Waals surface area contributed by atoms with Crippen molar-refractivity contribution in [2.75, 3.05) is 34.2 Å². The van der Waals surface area contributed by atoms with Crippen LogP contribution >= 0.6 is 0 Å². The fraction of sp³-hybridized carbons (Fsp3) is 0.543. The molecule has 3 aliphatic heterocycles. The average Bonchev–Trinajstić information content (AvgIpc) is 3.61. The molecule has 1 aromatic heterocycles. The van der Waals surface area contributed by atoms with Gasteiger partial charge in [-0.3, -0.25) is 9.59 Å². The van der Waals surface area contributed by atoms with Crippen molar-refractivity contribution in [1.29, 1.82) is 0 Å². The average molecular weight is 648 g/mol. The molecule has 2 saturated heterocycles. The molecule has 2 saturated carbocycles. The third-order valence-corrected chi connectivity index (χ3v) is 13.0. The normalized spacial score (nSPS) is 27.7. The molecule has 46 heavy (non-hydrogen) atoms. The van der Waals surface area contributed by atoms with Crippen LogP contribution in [0, 0.1) is 11.2 Å². The summed E-state index contributed by atoms with van der Waals surface area (Å²) in [6.07, 6.45) is 8.22. The lowest BCUT2D eigenvalue weighted by atomic mass is 9.81. The number of rotatable bonds is 5. The second-order valence-electron chi connectivity index (χ2n) is 14.6. The van der Waals surface area contributed by atoms with Crippen molar-refractivity contribution in [1.82, 2.24) is 23.4 Å². The summed E-state index contributed by atoms with van der Waals surface area (Å²) in [6, 6.07) is 10.9. The van der Waals surface area contributed by atoms with Crippen LogP contribution in [0.2, 0.25) is 0 Å². The van der Waals surface area contributed by atoms with Gasteiger partial charge in [0.05, 0.1) is 11.1 Å². The Kier molecular flexibility index (Phi) is 6.94. The minimum atomic E-state index is -3.98. The summed E-state index contributed by atoms with van der Waals surface area (Å²) in [4.78, 5) is 32.7. The summed E-state index contributed by atoms with van der Waals surface area (Å²) in [5.41, 5.74) is 4.47. The molecule has 4 atom stereocenters. The molecule has 4 fully saturated rings. The van der Waals surface area contributed by atoms with E-state index in [1.165, 1.54) is 32.1 Å². The molecule has 2 bridgehead atoms. The second-order valence-corrected chi connectivity index (χ2v) is 16.5. The Bertz CT molecular complexity index is 1870. The maximum absolute atomic E-state index is 15.0. The van der Waals surface area contributed by atoms with Crippen molar-refractivity contribution in [3.63, 3.8) is 0 Å². The molecule has 2 unspecified atom stereocenters. The van der Waals surface area contributed by atoms with Crippen LogP contribution in [0.3, 0.4) is 0 Å². The third-order valence-electron chi connectivity index (χ3n) is 11.6. The summed E-state index contributed by atoms with van der Waals surface area (Å²) in [7, 11) is 0.884. The molecular formula is C35H42FN5O4S. The van der Waals surface area contributed by atoms with Gasteiger partial charge in [0.25, 0.3) is 5.91 Å². The molecule has 4 heterocycles. The summed E-state index contributed by atoms with van der Waals surface area (Å²) in [5.74, 6) is -0.611. The van der Waals surface area contributed by atoms with E-state index in [2.05, 4.69) is 26.1 Å². The standard InChI is InChI=1S/C35H42FN5O4S/c1-38(2)46(44,45)37-33(42)22-9-13-27-30(15-22)40-20-35(34(43)41-24-11-12-25(41)19-39(3)18-24)17-29(35)28-16-23(36)10-14-26(28)32(40)31(27)21-7-5-4-6-8-21/h9-10,13-16,21,24-25,29H,4-8,11-12,17-20H2,1-3H3,(H,37,42)/t24?,25?,29-,35-/m0/s1. The van der Waals surface area contributed by atoms with E-state index in [0.29, 0.717) is 18.9 Å². The van der Waals surface area contributed by atoms with Gasteiger partial charge in [-0.15, -0.1) is 0 Å². The third kappa shape index (κ3) is 4.56. The van der Waals surface area contributed by atoms with Crippen molar-refractivity contribution in [2.45, 2.75) is 81.8 Å². The van der Waals surface area contributed by atoms with Crippen molar-refractivity contribution in [2.24, 2.45) is 5.41 Å². The summed E-state index contributed by atoms with van der Waals surface area (Å²) >= 11 is 0. The molecule has 3 aromatic rings. The van der Waals surface area contributed by atoms with Gasteiger partial charge in [0.1, 0.15) is 5.82 Å². The monoisotopic (exact) mass is 647 g/mol. The zero-order chi connectivity index (χ0) is 32.1. The van der Waals surface area contributed by atoms with Gasteiger partial charge >= 0.3 is 10.2 Å². The Balaban J connectivity index is 1.32. The van der Waals surface area contributed by atoms with Crippen molar-refractivity contribution >= 4 is 32.9 Å². The number of likely N-dealkylation sites (tertiary alicyclic amines) is 1. The Labute approximate surface area is 269 Å². The molecule has 244 valence electrons. The summed E-state index contributed by atoms with van der Waals surface area (Å²) in [6.45, 7) is 2.18. The van der Waals surface area contributed by atoms with Gasteiger partial charge in [0, 0.05) is 73.8 Å². The van der Waals surface area contributed by atoms with E-state index in [4.69, 9.17) is 0 Å². The van der Waals surface area contributed by atoms with E-state index in [1.54, 1.807) is 18.2 Å². The van der Waals surface area contributed by atoms with Crippen molar-refractivity contribution in [3.05, 3.63) is 58.9 Å². The Morgan fingerprint density at radius 3 is 2.39 bits per heavy atom. The second kappa shape index (κ2) is 10.6. The van der Waals surface area contributed by atoms with Crippen LogP contribution in [0.25, 0.3) is 22.2 Å². The number of benzene rings is 2. The zero-order valence-corrected chi connectivity index (χ0v) is 27.6. The molecule has 0 radical (unpaired) electrons. The number of amides is 2. The predicted octanol–water partition coefficient (Wildman–Crippen LogP) is 4.82. The molecule has 1 N–H and O–H groups in total. The highest BCUT2D eigenvalue weighted by molar-refractivity contribution is 7.87. The Hall–Kier alpha value is -3.28. The minimum Gasteiger partial charge on any atom is -0.339 e. The van der Waals surface area contributed by atoms with Gasteiger partial charge < -0.3 is 14.4 Å². The number of likely N-dealkylation sites (N-methyl/N-ethyl adjacent to an activating group) is 1. The summed E-state index contributed by atoms with van der Waals surface area (Å²) in [5, 5.41) is 1.02. The maximum Gasteiger partial charge on any atom is 0.303 e. The number of carbonyl (C=O) groups is 2. The molecule has 2 amide bonds. The van der Waals surface area contributed by atoms with Crippen molar-refractivity contribution in [3.8, 4) is 11.3 Å². The first-order chi connectivity index (χ1) is 22.0. The number of nitrogens with one attached hydrogen (secondary N) is 1. The van der Waals surface area contributed by atoms with Crippen LogP contribution in [0.5, 0.6) is 0 Å². The van der Waals surface area contributed by atoms with Gasteiger partial charge in [-0.2, -0.15) is 12.7 Å². The van der Waals surface area contributed by atoms with Gasteiger partial charge in [0.15, 0.2) is 0 Å². The number of carbonyl (C=O) groups excluding carboxylic acids is 2. The van der Waals surface area contributed by atoms with Crippen LogP contribution in [-0.2, 0) is 21.5 Å². The quantitative estimate of drug-likeness (QED) is 0.429. The zero-order valence-electron chi connectivity index (χ0n) is 26.8. The predicted molar refractivity (Wildman–Crippen MR) is 174 cm³/mol. The number of aromatic nitrogens is 1. The number of hydrogen-bond acceptors (Lipinski definition) is 5. The first kappa shape index (κ1) is 30.1. The molecule has 9 nitrogen and oxygen atoms in total. The maximum atomic E-state index is 15.0. The number of fused-ring (bicyclic) bond motifs is 9. The Morgan fingerprint density at radius 1 is 0.978 bits per heavy atom. The van der Waals surface area contributed by atoms with E-state index in [9.17, 15) is 18.0 Å². The van der Waals surface area contributed by atoms with Crippen LogP contribution in [-0.4, -0.2) is 85.2 Å². The highest BCUT2D eigenvalue weighted by Gasteiger charge is 2.65. The van der Waals surface area contributed by atoms with E-state index in [0.717, 1.165) is 83.6 Å². The lowest BCUT2D eigenvalue weighted by molar-refractivity contribution is -0.143. The van der Waals surface area contributed by atoms with E-state index < -0.39 is 21.5 Å². The number of halogens is 1. The lowest BCUT2D eigenvalue weighted by Crippen LogP contribution is -2.57. The smallest absolute Gasteiger partial charge is 0.303 e. The summed E-state index contributed by atoms with van der Waals surface area (Å²) < 4.78 is 45.5. The number of piperazine rings is 1. The van der Waals surface area contributed by atoms with Crippen LogP contribution in [0.4, 0.5) is 4.39 Å². The number of hydrogen-bond donors (Lipinski definition) is 1. The molecule has 2 aromatic carbocycles. The topological polar surface area (TPSA) is 95.0 Å². The first-order valence-corrected chi connectivity index (χ1v) is 18.1. The molecule has 11 heteroatoms. The molecule has 8 rings (SSSR count). The largest absolute Gasteiger partial charge is 0.339 e. The SMILES string of the molecule is CN1CC2CCC(C1)N2C(=O)[C@]12C[C@H]1c1cc(F)ccc1-c1c(C3CCCCC3)c3ccc(C(=O)NS(=O)(=O)N(C)C)cc3n1C2. The van der Waals surface area contributed by atoms with E-state index >= 15 is 4.39 Å². The molecule has 5 aliphatic rings. The highest BCUT2D eigenvalue weighted by Crippen LogP contribution is 2.66. The fourth-order valence-corrected chi connectivity index (χ4v) is 9.79. The highest BCUT2D eigenvalue weighted by atomic mass is 32.2.